The number of carbonyl (C=O) groups is 1. The van der Waals surface area contributed by atoms with Crippen LogP contribution in [0.25, 0.3) is 0 Å². The van der Waals surface area contributed by atoms with Crippen LogP contribution in [0.15, 0.2) is 0 Å². The zero-order valence-electron chi connectivity index (χ0n) is 7.06. The van der Waals surface area contributed by atoms with Crippen LogP contribution >= 0.6 is 0 Å². The Labute approximate surface area is 41.9 Å². The van der Waals surface area contributed by atoms with E-state index in [4.69, 9.17) is 11.2 Å². The quantitative estimate of drug-likeness (QED) is 0.427. The third kappa shape index (κ3) is 1.72. The van der Waals surface area contributed by atoms with Crippen LogP contribution in [-0.4, -0.2) is 11.9 Å². The summed E-state index contributed by atoms with van der Waals surface area (Å²) in [6.07, 6.45) is 0. The van der Waals surface area contributed by atoms with Gasteiger partial charge in [-0.1, -0.05) is 0 Å². The van der Waals surface area contributed by atoms with Gasteiger partial charge >= 0.3 is 0 Å². The fourth-order valence-corrected chi connectivity index (χ4v) is 0. The van der Waals surface area contributed by atoms with Gasteiger partial charge in [0.15, 0.2) is 0 Å². The third-order valence-electron chi connectivity index (χ3n) is 0.265. The average Bonchev–Trinajstić information content (AvgIpc) is 1.62. The molecule has 0 fully saturated rings. The molecule has 36 valence electrons. The molecule has 0 aliphatic rings. The van der Waals surface area contributed by atoms with Crippen LogP contribution in [-0.2, 0) is 4.79 Å². The summed E-state index contributed by atoms with van der Waals surface area (Å²) in [5.74, 6) is -1.35. The summed E-state index contributed by atoms with van der Waals surface area (Å²) in [7, 11) is 0. The van der Waals surface area contributed by atoms with E-state index in [0.29, 0.717) is 0 Å². The molecule has 0 spiro atoms. The van der Waals surface area contributed by atoms with E-state index >= 15 is 0 Å². The van der Waals surface area contributed by atoms with Crippen molar-refractivity contribution < 1.29 is 10.3 Å². The molecule has 3 heteroatoms. The molecule has 0 aromatic rings. The van der Waals surface area contributed by atoms with Crippen LogP contribution in [0, 0.1) is 0 Å². The van der Waals surface area contributed by atoms with Crippen molar-refractivity contribution in [2.45, 2.75) is 12.9 Å². The molecule has 0 rings (SSSR count). The summed E-state index contributed by atoms with van der Waals surface area (Å²) in [5.41, 5.74) is 9.31. The van der Waals surface area contributed by atoms with Gasteiger partial charge in [0.2, 0.25) is 5.91 Å². The molecular formula is C3H8N2O. The minimum atomic E-state index is -2.86. The first kappa shape index (κ1) is 1.50. The van der Waals surface area contributed by atoms with Gasteiger partial charge in [-0.25, -0.2) is 0 Å². The van der Waals surface area contributed by atoms with E-state index in [1.54, 1.807) is 0 Å². The Bertz CT molecular complexity index is 151. The molecule has 0 heterocycles. The fourth-order valence-electron chi connectivity index (χ4n) is 0. The van der Waals surface area contributed by atoms with Crippen molar-refractivity contribution >= 4 is 5.91 Å². The topological polar surface area (TPSA) is 69.1 Å². The van der Waals surface area contributed by atoms with Crippen LogP contribution in [0.5, 0.6) is 0 Å². The van der Waals surface area contributed by atoms with Gasteiger partial charge in [0.1, 0.15) is 0 Å². The molecule has 1 atom stereocenters. The number of nitrogens with two attached hydrogens (primary N) is 2. The van der Waals surface area contributed by atoms with E-state index in [-0.39, 0.29) is 0 Å². The maximum Gasteiger partial charge on any atom is 0.234 e. The Morgan fingerprint density at radius 1 is 2.33 bits per heavy atom. The van der Waals surface area contributed by atoms with Crippen molar-refractivity contribution in [3.8, 4) is 0 Å². The highest BCUT2D eigenvalue weighted by Gasteiger charge is 1.96. The minimum Gasteiger partial charge on any atom is -0.368 e. The van der Waals surface area contributed by atoms with Crippen LogP contribution in [0.1, 0.15) is 12.3 Å². The average molecular weight is 92.1 g/mol. The van der Waals surface area contributed by atoms with Gasteiger partial charge < -0.3 is 11.5 Å². The van der Waals surface area contributed by atoms with E-state index in [9.17, 15) is 4.79 Å². The molecule has 3 nitrogen and oxygen atoms in total. The van der Waals surface area contributed by atoms with E-state index in [1.165, 1.54) is 0 Å². The molecule has 0 saturated heterocycles. The van der Waals surface area contributed by atoms with Gasteiger partial charge in [0, 0.05) is 4.11 Å². The van der Waals surface area contributed by atoms with Crippen molar-refractivity contribution in [3.63, 3.8) is 0 Å². The Morgan fingerprint density at radius 2 is 2.83 bits per heavy atom. The van der Waals surface area contributed by atoms with Crippen LogP contribution in [0.2, 0.25) is 0 Å². The lowest BCUT2D eigenvalue weighted by atomic mass is 10.4. The molecule has 0 aromatic carbocycles. The normalized spacial score (nSPS) is 30.8. The van der Waals surface area contributed by atoms with Crippen LogP contribution in [0.3, 0.4) is 0 Å². The van der Waals surface area contributed by atoms with Crippen molar-refractivity contribution in [1.29, 1.82) is 0 Å². The lowest BCUT2D eigenvalue weighted by Crippen LogP contribution is -2.32. The SMILES string of the molecule is [2H]C([2H])([2H])[C@]([2H])(N)C(N)=O. The Morgan fingerprint density at radius 3 is 2.83 bits per heavy atom. The predicted octanol–water partition coefficient (Wildman–Crippen LogP) is -1.18. The van der Waals surface area contributed by atoms with Gasteiger partial charge in [0.25, 0.3) is 0 Å². The molecule has 6 heavy (non-hydrogen) atoms. The molecule has 0 aliphatic carbocycles. The first-order chi connectivity index (χ1) is 4.19. The monoisotopic (exact) mass is 92.1 g/mol. The zero-order valence-corrected chi connectivity index (χ0v) is 3.06. The summed E-state index contributed by atoms with van der Waals surface area (Å²) >= 11 is 0. The maximum atomic E-state index is 10.2. The van der Waals surface area contributed by atoms with Crippen molar-refractivity contribution in [2.75, 3.05) is 0 Å². The highest BCUT2D eigenvalue weighted by atomic mass is 16.1. The first-order valence-corrected chi connectivity index (χ1v) is 1.28. The molecule has 4 N–H and O–H groups in total. The molecule has 0 unspecified atom stereocenters. The van der Waals surface area contributed by atoms with Gasteiger partial charge in [-0.05, 0) is 6.85 Å². The minimum absolute atomic E-state index is 1.35. The lowest BCUT2D eigenvalue weighted by Gasteiger charge is -1.91. The van der Waals surface area contributed by atoms with Crippen molar-refractivity contribution in [2.24, 2.45) is 11.5 Å². The van der Waals surface area contributed by atoms with E-state index in [0.717, 1.165) is 0 Å². The molecule has 0 aliphatic heterocycles. The Kier molecular flexibility index (Phi) is 0.442. The van der Waals surface area contributed by atoms with Gasteiger partial charge in [-0.2, -0.15) is 0 Å². The van der Waals surface area contributed by atoms with E-state index < -0.39 is 18.8 Å². The van der Waals surface area contributed by atoms with Gasteiger partial charge in [-0.3, -0.25) is 4.79 Å². The Hall–Kier alpha value is -0.570. The summed E-state index contributed by atoms with van der Waals surface area (Å²) < 4.78 is 26.5. The second kappa shape index (κ2) is 1.77. The third-order valence-corrected chi connectivity index (χ3v) is 0.265. The summed E-state index contributed by atoms with van der Waals surface area (Å²) in [5, 5.41) is 0. The van der Waals surface area contributed by atoms with Crippen molar-refractivity contribution in [3.05, 3.63) is 0 Å². The number of carbonyl (C=O) groups excluding carboxylic acids is 1. The summed E-state index contributed by atoms with van der Waals surface area (Å²) in [6, 6.07) is -2.67. The molecule has 0 saturated carbocycles. The maximum absolute atomic E-state index is 10.2. The fraction of sp³-hybridized carbons (Fsp3) is 0.667. The zero-order chi connectivity index (χ0) is 8.58. The lowest BCUT2D eigenvalue weighted by molar-refractivity contribution is -0.118. The summed E-state index contributed by atoms with van der Waals surface area (Å²) in [6.45, 7) is -2.86. The molecular weight excluding hydrogens is 80.0 g/mol. The number of hydrogen-bond donors (Lipinski definition) is 2. The van der Waals surface area contributed by atoms with Gasteiger partial charge in [-0.15, -0.1) is 0 Å². The van der Waals surface area contributed by atoms with E-state index in [2.05, 4.69) is 5.73 Å². The van der Waals surface area contributed by atoms with Crippen molar-refractivity contribution in [1.82, 2.24) is 0 Å². The highest BCUT2D eigenvalue weighted by Crippen LogP contribution is 1.64. The Balaban J connectivity index is 4.57. The van der Waals surface area contributed by atoms with Crippen LogP contribution in [0.4, 0.5) is 0 Å². The molecule has 0 bridgehead atoms. The predicted molar refractivity (Wildman–Crippen MR) is 22.8 cm³/mol. The smallest absolute Gasteiger partial charge is 0.234 e. The molecule has 0 radical (unpaired) electrons. The molecule has 1 amide bonds. The first-order valence-electron chi connectivity index (χ1n) is 3.28. The number of rotatable bonds is 1. The largest absolute Gasteiger partial charge is 0.368 e. The second-order valence-electron chi connectivity index (χ2n) is 0.778. The molecule has 0 aromatic heterocycles. The number of primary amides is 1. The standard InChI is InChI=1S/C3H8N2O/c1-2(4)3(5)6/h2H,4H2,1H3,(H2,5,6)/t2-/m0/s1/i1D3,2D. The number of amides is 1. The van der Waals surface area contributed by atoms with E-state index in [1.807, 2.05) is 0 Å². The number of hydrogen-bond acceptors (Lipinski definition) is 2. The summed E-state index contributed by atoms with van der Waals surface area (Å²) in [4.78, 5) is 10.2. The van der Waals surface area contributed by atoms with Crippen LogP contribution < -0.4 is 11.5 Å². The second-order valence-corrected chi connectivity index (χ2v) is 0.778. The highest BCUT2D eigenvalue weighted by molar-refractivity contribution is 5.78. The van der Waals surface area contributed by atoms with Gasteiger partial charge in [0.05, 0.1) is 7.39 Å².